The van der Waals surface area contributed by atoms with Crippen molar-refractivity contribution in [2.24, 2.45) is 0 Å². The van der Waals surface area contributed by atoms with Gasteiger partial charge in [-0.25, -0.2) is 0 Å². The van der Waals surface area contributed by atoms with Gasteiger partial charge in [-0.1, -0.05) is 23.7 Å². The molecule has 0 aliphatic rings. The number of para-hydroxylation sites is 1. The van der Waals surface area contributed by atoms with E-state index >= 15 is 0 Å². The first-order valence-electron chi connectivity index (χ1n) is 5.95. The second-order valence-corrected chi connectivity index (χ2v) is 6.89. The average Bonchev–Trinajstić information content (AvgIpc) is 2.44. The molecule has 3 N–H and O–H groups in total. The topological polar surface area (TPSA) is 72.2 Å². The number of carbonyl (C=O) groups excluding carboxylic acids is 1. The van der Waals surface area contributed by atoms with Crippen molar-refractivity contribution in [3.8, 4) is 0 Å². The fraction of sp³-hybridized carbons (Fsp3) is 0.0714. The van der Waals surface area contributed by atoms with Crippen LogP contribution in [0.4, 0.5) is 11.4 Å². The summed E-state index contributed by atoms with van der Waals surface area (Å²) in [4.78, 5) is 12.3. The highest BCUT2D eigenvalue weighted by Gasteiger charge is 2.14. The molecule has 7 heteroatoms. The maximum absolute atomic E-state index is 12.2. The second kappa shape index (κ2) is 7.06. The first-order valence-corrected chi connectivity index (χ1v) is 8.44. The van der Waals surface area contributed by atoms with Gasteiger partial charge in [-0.3, -0.25) is 9.00 Å². The molecular formula is C14H12BrClN2O2S. The summed E-state index contributed by atoms with van der Waals surface area (Å²) in [5.74, 6) is -0.552. The van der Waals surface area contributed by atoms with Crippen LogP contribution >= 0.6 is 27.5 Å². The molecule has 0 spiro atoms. The molecule has 2 aromatic carbocycles. The van der Waals surface area contributed by atoms with Crippen molar-refractivity contribution in [3.63, 3.8) is 0 Å². The predicted molar refractivity (Wildman–Crippen MR) is 89.9 cm³/mol. The largest absolute Gasteiger partial charge is 0.399 e. The summed E-state index contributed by atoms with van der Waals surface area (Å²) in [6, 6.07) is 11.9. The Bertz CT molecular complexity index is 709. The van der Waals surface area contributed by atoms with Gasteiger partial charge >= 0.3 is 0 Å². The first-order chi connectivity index (χ1) is 9.97. The number of hydrogen-bond donors (Lipinski definition) is 2. The summed E-state index contributed by atoms with van der Waals surface area (Å²) in [6.45, 7) is 0. The quantitative estimate of drug-likeness (QED) is 0.789. The molecule has 4 nitrogen and oxygen atoms in total. The number of nitrogen functional groups attached to an aromatic ring is 1. The summed E-state index contributed by atoms with van der Waals surface area (Å²) >= 11 is 9.30. The molecule has 1 amide bonds. The summed E-state index contributed by atoms with van der Waals surface area (Å²) < 4.78 is 13.0. The van der Waals surface area contributed by atoms with E-state index in [1.807, 2.05) is 6.07 Å². The lowest BCUT2D eigenvalue weighted by Gasteiger charge is -2.08. The minimum atomic E-state index is -1.55. The van der Waals surface area contributed by atoms with Gasteiger partial charge in [0.2, 0.25) is 5.91 Å². The lowest BCUT2D eigenvalue weighted by Crippen LogP contribution is -2.20. The van der Waals surface area contributed by atoms with Crippen LogP contribution < -0.4 is 11.1 Å². The third-order valence-electron chi connectivity index (χ3n) is 2.61. The number of halogens is 2. The van der Waals surface area contributed by atoms with Gasteiger partial charge in [-0.05, 0) is 46.3 Å². The lowest BCUT2D eigenvalue weighted by atomic mass is 10.3. The van der Waals surface area contributed by atoms with Gasteiger partial charge in [0.25, 0.3) is 0 Å². The van der Waals surface area contributed by atoms with Crippen LogP contribution in [0.3, 0.4) is 0 Å². The number of nitrogens with two attached hydrogens (primary N) is 1. The summed E-state index contributed by atoms with van der Waals surface area (Å²) in [6.07, 6.45) is 0. The van der Waals surface area contributed by atoms with Gasteiger partial charge in [0.05, 0.1) is 26.4 Å². The summed E-state index contributed by atoms with van der Waals surface area (Å²) in [5.41, 5.74) is 6.72. The Balaban J connectivity index is 2.08. The molecule has 0 saturated carbocycles. The predicted octanol–water partition coefficient (Wildman–Crippen LogP) is 3.43. The van der Waals surface area contributed by atoms with E-state index in [9.17, 15) is 9.00 Å². The van der Waals surface area contributed by atoms with Crippen LogP contribution in [0.2, 0.25) is 5.02 Å². The van der Waals surface area contributed by atoms with Crippen LogP contribution in [0.5, 0.6) is 0 Å². The van der Waals surface area contributed by atoms with Crippen LogP contribution in [-0.2, 0) is 15.6 Å². The lowest BCUT2D eigenvalue weighted by molar-refractivity contribution is -0.113. The van der Waals surface area contributed by atoms with E-state index in [-0.39, 0.29) is 11.7 Å². The van der Waals surface area contributed by atoms with Crippen LogP contribution in [-0.4, -0.2) is 15.9 Å². The number of amides is 1. The van der Waals surface area contributed by atoms with E-state index < -0.39 is 10.8 Å². The standard InChI is InChI=1S/C14H12BrClN2O2S/c15-10-3-1-2-4-12(10)18-14(19)8-21(20)13-7-9(17)5-6-11(13)16/h1-7H,8,17H2,(H,18,19). The van der Waals surface area contributed by atoms with E-state index in [1.54, 1.807) is 30.3 Å². The molecule has 0 fully saturated rings. The van der Waals surface area contributed by atoms with Crippen molar-refractivity contribution in [2.45, 2.75) is 4.90 Å². The van der Waals surface area contributed by atoms with Gasteiger partial charge in [0.1, 0.15) is 5.75 Å². The summed E-state index contributed by atoms with van der Waals surface area (Å²) in [7, 11) is -1.55. The van der Waals surface area contributed by atoms with Crippen LogP contribution in [0.15, 0.2) is 51.8 Å². The van der Waals surface area contributed by atoms with Gasteiger partial charge in [-0.2, -0.15) is 0 Å². The Labute approximate surface area is 138 Å². The van der Waals surface area contributed by atoms with Crippen LogP contribution in [0, 0.1) is 0 Å². The van der Waals surface area contributed by atoms with E-state index in [2.05, 4.69) is 21.2 Å². The number of anilines is 2. The molecule has 0 aromatic heterocycles. The second-order valence-electron chi connectivity index (χ2n) is 4.21. The zero-order valence-corrected chi connectivity index (χ0v) is 14.0. The van der Waals surface area contributed by atoms with Crippen molar-refractivity contribution in [2.75, 3.05) is 16.8 Å². The Morgan fingerprint density at radius 2 is 2.00 bits per heavy atom. The smallest absolute Gasteiger partial charge is 0.237 e. The fourth-order valence-electron chi connectivity index (χ4n) is 1.64. The van der Waals surface area contributed by atoms with Gasteiger partial charge < -0.3 is 11.1 Å². The number of rotatable bonds is 4. The highest BCUT2D eigenvalue weighted by molar-refractivity contribution is 9.10. The fourth-order valence-corrected chi connectivity index (χ4v) is 3.42. The zero-order chi connectivity index (χ0) is 15.4. The van der Waals surface area contributed by atoms with E-state index in [4.69, 9.17) is 17.3 Å². The Morgan fingerprint density at radius 1 is 1.29 bits per heavy atom. The monoisotopic (exact) mass is 386 g/mol. The Hall–Kier alpha value is -1.37. The Morgan fingerprint density at radius 3 is 2.71 bits per heavy atom. The molecule has 1 unspecified atom stereocenters. The molecule has 0 bridgehead atoms. The molecule has 110 valence electrons. The third-order valence-corrected chi connectivity index (χ3v) is 5.10. The minimum Gasteiger partial charge on any atom is -0.399 e. The normalized spacial score (nSPS) is 11.9. The molecule has 0 aliphatic heterocycles. The SMILES string of the molecule is Nc1ccc(Cl)c(S(=O)CC(=O)Nc2ccccc2Br)c1. The maximum atomic E-state index is 12.2. The molecule has 0 radical (unpaired) electrons. The number of nitrogens with one attached hydrogen (secondary N) is 1. The van der Waals surface area contributed by atoms with Gasteiger partial charge in [0, 0.05) is 10.2 Å². The average molecular weight is 388 g/mol. The zero-order valence-electron chi connectivity index (χ0n) is 10.8. The summed E-state index contributed by atoms with van der Waals surface area (Å²) in [5, 5.41) is 3.02. The maximum Gasteiger partial charge on any atom is 0.237 e. The van der Waals surface area contributed by atoms with Crippen molar-refractivity contribution < 1.29 is 9.00 Å². The van der Waals surface area contributed by atoms with E-state index in [0.717, 1.165) is 4.47 Å². The minimum absolute atomic E-state index is 0.190. The van der Waals surface area contributed by atoms with Crippen molar-refractivity contribution in [3.05, 3.63) is 52.0 Å². The molecule has 2 aromatic rings. The first kappa shape index (κ1) is 16.0. The Kier molecular flexibility index (Phi) is 5.39. The van der Waals surface area contributed by atoms with Crippen molar-refractivity contribution in [1.29, 1.82) is 0 Å². The molecule has 0 aliphatic carbocycles. The van der Waals surface area contributed by atoms with E-state index in [0.29, 0.717) is 21.3 Å². The number of carbonyl (C=O) groups is 1. The molecule has 2 rings (SSSR count). The molecule has 0 heterocycles. The van der Waals surface area contributed by atoms with E-state index in [1.165, 1.54) is 6.07 Å². The highest BCUT2D eigenvalue weighted by Crippen LogP contribution is 2.24. The molecule has 0 saturated heterocycles. The third kappa shape index (κ3) is 4.30. The van der Waals surface area contributed by atoms with Gasteiger partial charge in [0.15, 0.2) is 0 Å². The van der Waals surface area contributed by atoms with Crippen molar-refractivity contribution in [1.82, 2.24) is 0 Å². The molecular weight excluding hydrogens is 376 g/mol. The van der Waals surface area contributed by atoms with Gasteiger partial charge in [-0.15, -0.1) is 0 Å². The van der Waals surface area contributed by atoms with Crippen molar-refractivity contribution >= 4 is 55.6 Å². The number of benzene rings is 2. The molecule has 21 heavy (non-hydrogen) atoms. The van der Waals surface area contributed by atoms with Crippen LogP contribution in [0.25, 0.3) is 0 Å². The molecule has 1 atom stereocenters. The number of hydrogen-bond acceptors (Lipinski definition) is 3. The highest BCUT2D eigenvalue weighted by atomic mass is 79.9. The van der Waals surface area contributed by atoms with Crippen LogP contribution in [0.1, 0.15) is 0 Å².